The highest BCUT2D eigenvalue weighted by molar-refractivity contribution is 6.13. The zero-order chi connectivity index (χ0) is 42.1. The molecule has 0 aliphatic carbocycles. The zero-order valence-electron chi connectivity index (χ0n) is 34.6. The molecular formula is C58H48N2O. The molecule has 296 valence electrons. The molecule has 0 saturated heterocycles. The van der Waals surface area contributed by atoms with Crippen LogP contribution < -0.4 is 5.73 Å². The molecule has 3 heteroatoms. The van der Waals surface area contributed by atoms with E-state index in [1.54, 1.807) is 0 Å². The molecular weight excluding hydrogens is 741 g/mol. The van der Waals surface area contributed by atoms with Crippen LogP contribution in [0.15, 0.2) is 217 Å². The topological polar surface area (TPSA) is 63.0 Å². The monoisotopic (exact) mass is 788 g/mol. The van der Waals surface area contributed by atoms with Gasteiger partial charge in [-0.05, 0) is 117 Å². The summed E-state index contributed by atoms with van der Waals surface area (Å²) in [5, 5.41) is 15.4. The number of aryl methyl sites for hydroxylation is 2. The van der Waals surface area contributed by atoms with E-state index in [0.717, 1.165) is 33.1 Å². The lowest BCUT2D eigenvalue weighted by Gasteiger charge is -2.09. The van der Waals surface area contributed by atoms with Gasteiger partial charge in [0.25, 0.3) is 0 Å². The van der Waals surface area contributed by atoms with Gasteiger partial charge >= 0.3 is 0 Å². The van der Waals surface area contributed by atoms with Crippen molar-refractivity contribution in [1.29, 1.82) is 5.41 Å². The number of nitrogens with one attached hydrogen (secondary N) is 1. The maximum absolute atomic E-state index is 6.48. The molecule has 11 rings (SSSR count). The van der Waals surface area contributed by atoms with Crippen molar-refractivity contribution in [3.8, 4) is 33.4 Å². The van der Waals surface area contributed by atoms with E-state index < -0.39 is 0 Å². The zero-order valence-corrected chi connectivity index (χ0v) is 34.6. The van der Waals surface area contributed by atoms with Crippen molar-refractivity contribution in [1.82, 2.24) is 0 Å². The van der Waals surface area contributed by atoms with Crippen LogP contribution in [0.1, 0.15) is 16.7 Å². The molecule has 0 bridgehead atoms. The second-order valence-electron chi connectivity index (χ2n) is 15.2. The molecule has 3 nitrogen and oxygen atoms in total. The molecule has 0 aliphatic heterocycles. The van der Waals surface area contributed by atoms with Gasteiger partial charge in [-0.3, -0.25) is 0 Å². The summed E-state index contributed by atoms with van der Waals surface area (Å²) in [6.07, 6.45) is 0. The number of rotatable bonds is 4. The largest absolute Gasteiger partial charge is 0.455 e. The summed E-state index contributed by atoms with van der Waals surface area (Å²) in [4.78, 5) is 0. The molecule has 0 aliphatic rings. The fourth-order valence-corrected chi connectivity index (χ4v) is 7.95. The van der Waals surface area contributed by atoms with Crippen molar-refractivity contribution < 1.29 is 4.42 Å². The molecule has 61 heavy (non-hydrogen) atoms. The van der Waals surface area contributed by atoms with Crippen LogP contribution >= 0.6 is 0 Å². The molecule has 1 heterocycles. The predicted molar refractivity (Wildman–Crippen MR) is 263 cm³/mol. The van der Waals surface area contributed by atoms with Crippen molar-refractivity contribution in [2.45, 2.75) is 20.4 Å². The first-order valence-electron chi connectivity index (χ1n) is 20.6. The van der Waals surface area contributed by atoms with Gasteiger partial charge in [-0.15, -0.1) is 0 Å². The van der Waals surface area contributed by atoms with Gasteiger partial charge in [-0.1, -0.05) is 193 Å². The van der Waals surface area contributed by atoms with E-state index >= 15 is 0 Å². The maximum Gasteiger partial charge on any atom is 0.143 e. The Balaban J connectivity index is 0.000000166. The second kappa shape index (κ2) is 18.6. The van der Waals surface area contributed by atoms with Crippen LogP contribution in [-0.4, -0.2) is 6.72 Å². The Labute approximate surface area is 357 Å². The standard InChI is InChI=1S/C35H24O.C11H11N.C11H10.CH3N/c1-23-8-4-11-24(18-23)25-12-5-13-26(19-25)27-14-6-15-30(20-27)31-16-7-17-32-33-21-28-9-2-3-10-29(28)22-34(33)36-35(31)32;12-8-9-5-6-10-3-1-2-4-11(10)7-9;1-9-6-7-10-4-2-3-5-11(10)8-9;1-2/h2-22H,1H3;1-7H,8,12H2;2-8H,1H3;2H,1H2. The van der Waals surface area contributed by atoms with E-state index in [9.17, 15) is 0 Å². The lowest BCUT2D eigenvalue weighted by molar-refractivity contribution is 0.670. The van der Waals surface area contributed by atoms with Gasteiger partial charge in [-0.2, -0.15) is 0 Å². The summed E-state index contributed by atoms with van der Waals surface area (Å²) in [5.74, 6) is 0. The summed E-state index contributed by atoms with van der Waals surface area (Å²) in [6, 6.07) is 75.1. The summed E-state index contributed by atoms with van der Waals surface area (Å²) >= 11 is 0. The molecule has 0 radical (unpaired) electrons. The number of fused-ring (bicyclic) bond motifs is 6. The van der Waals surface area contributed by atoms with Gasteiger partial charge in [0, 0.05) is 22.9 Å². The van der Waals surface area contributed by atoms with Crippen LogP contribution in [0.2, 0.25) is 0 Å². The van der Waals surface area contributed by atoms with Crippen LogP contribution in [0, 0.1) is 19.3 Å². The lowest BCUT2D eigenvalue weighted by Crippen LogP contribution is -1.95. The molecule has 0 spiro atoms. The van der Waals surface area contributed by atoms with E-state index in [4.69, 9.17) is 15.6 Å². The highest BCUT2D eigenvalue weighted by Crippen LogP contribution is 2.39. The number of furan rings is 1. The first kappa shape index (κ1) is 40.2. The predicted octanol–water partition coefficient (Wildman–Crippen LogP) is 15.8. The van der Waals surface area contributed by atoms with Gasteiger partial charge in [-0.25, -0.2) is 0 Å². The van der Waals surface area contributed by atoms with E-state index in [1.807, 2.05) is 12.1 Å². The van der Waals surface area contributed by atoms with Crippen LogP contribution in [0.5, 0.6) is 0 Å². The van der Waals surface area contributed by atoms with Crippen molar-refractivity contribution in [3.63, 3.8) is 0 Å². The van der Waals surface area contributed by atoms with E-state index in [-0.39, 0.29) is 0 Å². The average molecular weight is 789 g/mol. The number of nitrogens with two attached hydrogens (primary N) is 1. The minimum Gasteiger partial charge on any atom is -0.455 e. The lowest BCUT2D eigenvalue weighted by atomic mass is 9.95. The molecule has 11 aromatic rings. The first-order chi connectivity index (χ1) is 30.0. The Morgan fingerprint density at radius 3 is 1.49 bits per heavy atom. The Hall–Kier alpha value is -7.59. The SMILES string of the molecule is C=N.Cc1ccc2ccccc2c1.Cc1cccc(-c2cccc(-c3cccc(-c4cccc5c4oc4cc6ccccc6cc45)c3)c2)c1.NCc1ccc2ccccc2c1. The van der Waals surface area contributed by atoms with Crippen molar-refractivity contribution in [2.75, 3.05) is 0 Å². The third kappa shape index (κ3) is 9.04. The third-order valence-electron chi connectivity index (χ3n) is 11.0. The fourth-order valence-electron chi connectivity index (χ4n) is 7.95. The molecule has 1 aromatic heterocycles. The molecule has 0 amide bonds. The molecule has 10 aromatic carbocycles. The summed E-state index contributed by atoms with van der Waals surface area (Å²) in [7, 11) is 0. The molecule has 0 atom stereocenters. The van der Waals surface area contributed by atoms with Gasteiger partial charge in [0.2, 0.25) is 0 Å². The number of hydrogen-bond donors (Lipinski definition) is 2. The summed E-state index contributed by atoms with van der Waals surface area (Å²) in [6.45, 7) is 7.37. The molecule has 3 N–H and O–H groups in total. The second-order valence-corrected chi connectivity index (χ2v) is 15.2. The minimum atomic E-state index is 0.616. The number of benzene rings is 10. The highest BCUT2D eigenvalue weighted by Gasteiger charge is 2.14. The van der Waals surface area contributed by atoms with Crippen molar-refractivity contribution >= 4 is 61.0 Å². The van der Waals surface area contributed by atoms with E-state index in [0.29, 0.717) is 6.54 Å². The Morgan fingerprint density at radius 1 is 0.393 bits per heavy atom. The summed E-state index contributed by atoms with van der Waals surface area (Å²) < 4.78 is 6.48. The molecule has 0 unspecified atom stereocenters. The van der Waals surface area contributed by atoms with Crippen LogP contribution in [-0.2, 0) is 6.54 Å². The highest BCUT2D eigenvalue weighted by atomic mass is 16.3. The number of hydrogen-bond acceptors (Lipinski definition) is 3. The van der Waals surface area contributed by atoms with E-state index in [1.165, 1.54) is 71.3 Å². The molecule has 0 fully saturated rings. The summed E-state index contributed by atoms with van der Waals surface area (Å²) in [5.41, 5.74) is 18.3. The third-order valence-corrected chi connectivity index (χ3v) is 11.0. The Kier molecular flexibility index (Phi) is 12.2. The van der Waals surface area contributed by atoms with Crippen LogP contribution in [0.25, 0.3) is 87.6 Å². The van der Waals surface area contributed by atoms with Crippen LogP contribution in [0.4, 0.5) is 0 Å². The maximum atomic E-state index is 6.48. The quantitative estimate of drug-likeness (QED) is 0.174. The van der Waals surface area contributed by atoms with Crippen LogP contribution in [0.3, 0.4) is 0 Å². The van der Waals surface area contributed by atoms with Gasteiger partial charge in [0.15, 0.2) is 0 Å². The normalized spacial score (nSPS) is 10.7. The molecule has 0 saturated carbocycles. The van der Waals surface area contributed by atoms with Gasteiger partial charge < -0.3 is 15.6 Å². The van der Waals surface area contributed by atoms with Gasteiger partial charge in [0.1, 0.15) is 11.2 Å². The smallest absolute Gasteiger partial charge is 0.143 e. The van der Waals surface area contributed by atoms with Gasteiger partial charge in [0.05, 0.1) is 0 Å². The van der Waals surface area contributed by atoms with E-state index in [2.05, 4.69) is 221 Å². The van der Waals surface area contributed by atoms with Crippen molar-refractivity contribution in [3.05, 3.63) is 229 Å². The van der Waals surface area contributed by atoms with Crippen molar-refractivity contribution in [2.24, 2.45) is 5.73 Å². The first-order valence-corrected chi connectivity index (χ1v) is 20.6. The Morgan fingerprint density at radius 2 is 0.869 bits per heavy atom. The number of para-hydroxylation sites is 1. The fraction of sp³-hybridized carbons (Fsp3) is 0.0517. The Bertz CT molecular complexity index is 3270. The average Bonchev–Trinajstić information content (AvgIpc) is 3.69. The minimum absolute atomic E-state index is 0.616.